The lowest BCUT2D eigenvalue weighted by Gasteiger charge is -2.44. The molecule has 0 heterocycles. The van der Waals surface area contributed by atoms with Gasteiger partial charge in [0.2, 0.25) is 0 Å². The van der Waals surface area contributed by atoms with Gasteiger partial charge in [0.15, 0.2) is 0 Å². The molecule has 1 aliphatic carbocycles. The summed E-state index contributed by atoms with van der Waals surface area (Å²) in [7, 11) is 2.02. The molecule has 0 aromatic rings. The predicted octanol–water partition coefficient (Wildman–Crippen LogP) is 2.97. The Balaban J connectivity index is 2.31. The highest BCUT2D eigenvalue weighted by atomic mass is 16.5. The molecule has 1 fully saturated rings. The highest BCUT2D eigenvalue weighted by Crippen LogP contribution is 2.39. The molecule has 2 nitrogen and oxygen atoms in total. The van der Waals surface area contributed by atoms with Gasteiger partial charge in [-0.2, -0.15) is 0 Å². The lowest BCUT2D eigenvalue weighted by atomic mass is 9.77. The van der Waals surface area contributed by atoms with E-state index in [4.69, 9.17) is 4.74 Å². The summed E-state index contributed by atoms with van der Waals surface area (Å²) >= 11 is 0. The molecule has 0 radical (unpaired) electrons. The number of rotatable bonds is 7. The Kier molecular flexibility index (Phi) is 5.07. The van der Waals surface area contributed by atoms with Crippen molar-refractivity contribution in [3.8, 4) is 0 Å². The van der Waals surface area contributed by atoms with Gasteiger partial charge in [-0.15, -0.1) is 0 Å². The van der Waals surface area contributed by atoms with Gasteiger partial charge in [-0.05, 0) is 58.5 Å². The molecule has 0 amide bonds. The van der Waals surface area contributed by atoms with Crippen molar-refractivity contribution in [2.24, 2.45) is 5.92 Å². The van der Waals surface area contributed by atoms with Gasteiger partial charge in [-0.25, -0.2) is 0 Å². The van der Waals surface area contributed by atoms with E-state index in [2.05, 4.69) is 26.1 Å². The summed E-state index contributed by atoms with van der Waals surface area (Å²) in [4.78, 5) is 0. The van der Waals surface area contributed by atoms with Crippen LogP contribution in [-0.2, 0) is 4.74 Å². The maximum absolute atomic E-state index is 6.25. The molecule has 0 bridgehead atoms. The summed E-state index contributed by atoms with van der Waals surface area (Å²) in [6.45, 7) is 7.83. The Bertz CT molecular complexity index is 175. The maximum Gasteiger partial charge on any atom is 0.0698 e. The fraction of sp³-hybridized carbons (Fsp3) is 1.00. The molecule has 0 saturated heterocycles. The summed E-state index contributed by atoms with van der Waals surface area (Å²) < 4.78 is 6.25. The first kappa shape index (κ1) is 13.0. The Morgan fingerprint density at radius 1 is 1.27 bits per heavy atom. The third-order valence-corrected chi connectivity index (χ3v) is 3.35. The molecule has 0 spiro atoms. The molecule has 0 aromatic heterocycles. The molecule has 90 valence electrons. The second-order valence-electron chi connectivity index (χ2n) is 5.45. The van der Waals surface area contributed by atoms with Crippen molar-refractivity contribution < 1.29 is 4.74 Å². The molecule has 0 aromatic carbocycles. The van der Waals surface area contributed by atoms with Crippen molar-refractivity contribution in [3.63, 3.8) is 0 Å². The Morgan fingerprint density at radius 2 is 1.93 bits per heavy atom. The fourth-order valence-corrected chi connectivity index (χ4v) is 2.49. The first-order chi connectivity index (χ1) is 7.08. The van der Waals surface area contributed by atoms with Crippen molar-refractivity contribution in [1.29, 1.82) is 0 Å². The number of hydrogen-bond donors (Lipinski definition) is 1. The number of hydrogen-bond acceptors (Lipinski definition) is 2. The van der Waals surface area contributed by atoms with Crippen LogP contribution in [0.4, 0.5) is 0 Å². The molecule has 0 aliphatic heterocycles. The van der Waals surface area contributed by atoms with Crippen LogP contribution in [0.1, 0.15) is 52.9 Å². The van der Waals surface area contributed by atoms with Crippen LogP contribution in [0.5, 0.6) is 0 Å². The summed E-state index contributed by atoms with van der Waals surface area (Å²) in [6, 6.07) is 0. The smallest absolute Gasteiger partial charge is 0.0698 e. The van der Waals surface area contributed by atoms with Gasteiger partial charge in [0.25, 0.3) is 0 Å². The molecular weight excluding hydrogens is 186 g/mol. The van der Waals surface area contributed by atoms with Gasteiger partial charge in [0, 0.05) is 0 Å². The van der Waals surface area contributed by atoms with Gasteiger partial charge >= 0.3 is 0 Å². The topological polar surface area (TPSA) is 21.3 Å². The Morgan fingerprint density at radius 3 is 2.33 bits per heavy atom. The third-order valence-electron chi connectivity index (χ3n) is 3.35. The summed E-state index contributed by atoms with van der Waals surface area (Å²) in [5, 5.41) is 3.23. The average Bonchev–Trinajstić information content (AvgIpc) is 2.08. The lowest BCUT2D eigenvalue weighted by Crippen LogP contribution is -2.44. The zero-order valence-electron chi connectivity index (χ0n) is 10.8. The maximum atomic E-state index is 6.25. The van der Waals surface area contributed by atoms with Crippen molar-refractivity contribution in [3.05, 3.63) is 0 Å². The van der Waals surface area contributed by atoms with Crippen molar-refractivity contribution in [1.82, 2.24) is 5.32 Å². The van der Waals surface area contributed by atoms with Crippen LogP contribution in [0.25, 0.3) is 0 Å². The van der Waals surface area contributed by atoms with Crippen LogP contribution in [-0.4, -0.2) is 25.3 Å². The first-order valence-electron chi connectivity index (χ1n) is 6.40. The number of nitrogens with one attached hydrogen (secondary N) is 1. The fourth-order valence-electron chi connectivity index (χ4n) is 2.49. The number of ether oxygens (including phenoxy) is 1. The summed E-state index contributed by atoms with van der Waals surface area (Å²) in [5.41, 5.74) is 0.220. The second-order valence-corrected chi connectivity index (χ2v) is 5.45. The van der Waals surface area contributed by atoms with E-state index in [0.717, 1.165) is 12.5 Å². The molecular formula is C13H27NO. The first-order valence-corrected chi connectivity index (χ1v) is 6.40. The molecule has 1 unspecified atom stereocenters. The molecule has 1 rings (SSSR count). The highest BCUT2D eigenvalue weighted by molar-refractivity contribution is 4.91. The minimum Gasteiger partial charge on any atom is -0.372 e. The normalized spacial score (nSPS) is 21.4. The van der Waals surface area contributed by atoms with Gasteiger partial charge in [-0.3, -0.25) is 0 Å². The third kappa shape index (κ3) is 4.12. The minimum absolute atomic E-state index is 0.220. The van der Waals surface area contributed by atoms with Gasteiger partial charge in [0.05, 0.1) is 11.7 Å². The van der Waals surface area contributed by atoms with Gasteiger partial charge in [-0.1, -0.05) is 13.8 Å². The van der Waals surface area contributed by atoms with Crippen LogP contribution in [0.3, 0.4) is 0 Å². The van der Waals surface area contributed by atoms with E-state index in [0.29, 0.717) is 6.10 Å². The van der Waals surface area contributed by atoms with E-state index in [1.165, 1.54) is 32.1 Å². The Hall–Kier alpha value is -0.0800. The van der Waals surface area contributed by atoms with Crippen LogP contribution in [0.2, 0.25) is 0 Å². The minimum atomic E-state index is 0.220. The van der Waals surface area contributed by atoms with Crippen molar-refractivity contribution >= 4 is 0 Å². The molecule has 15 heavy (non-hydrogen) atoms. The van der Waals surface area contributed by atoms with E-state index < -0.39 is 0 Å². The van der Waals surface area contributed by atoms with Gasteiger partial charge in [0.1, 0.15) is 0 Å². The van der Waals surface area contributed by atoms with Crippen LogP contribution in [0.15, 0.2) is 0 Å². The van der Waals surface area contributed by atoms with Crippen LogP contribution >= 0.6 is 0 Å². The quantitative estimate of drug-likeness (QED) is 0.702. The SMILES string of the molecule is CNCCC1(OC(C)CC(C)C)CCC1. The van der Waals surface area contributed by atoms with E-state index in [-0.39, 0.29) is 5.60 Å². The van der Waals surface area contributed by atoms with E-state index in [9.17, 15) is 0 Å². The zero-order valence-corrected chi connectivity index (χ0v) is 10.8. The largest absolute Gasteiger partial charge is 0.372 e. The van der Waals surface area contributed by atoms with Crippen LogP contribution < -0.4 is 5.32 Å². The summed E-state index contributed by atoms with van der Waals surface area (Å²) in [6.07, 6.45) is 6.64. The summed E-state index contributed by atoms with van der Waals surface area (Å²) in [5.74, 6) is 0.737. The monoisotopic (exact) mass is 213 g/mol. The van der Waals surface area contributed by atoms with Crippen molar-refractivity contribution in [2.75, 3.05) is 13.6 Å². The zero-order chi connectivity index (χ0) is 11.3. The predicted molar refractivity (Wildman–Crippen MR) is 65.1 cm³/mol. The lowest BCUT2D eigenvalue weighted by molar-refractivity contribution is -0.141. The van der Waals surface area contributed by atoms with Crippen LogP contribution in [0, 0.1) is 5.92 Å². The average molecular weight is 213 g/mol. The Labute approximate surface area is 94.8 Å². The standard InChI is InChI=1S/C13H27NO/c1-11(2)10-12(3)15-13(6-5-7-13)8-9-14-4/h11-12,14H,5-10H2,1-4H3. The van der Waals surface area contributed by atoms with E-state index in [1.807, 2.05) is 7.05 Å². The molecule has 2 heteroatoms. The van der Waals surface area contributed by atoms with E-state index in [1.54, 1.807) is 0 Å². The second kappa shape index (κ2) is 5.86. The molecule has 1 atom stereocenters. The van der Waals surface area contributed by atoms with Gasteiger partial charge < -0.3 is 10.1 Å². The van der Waals surface area contributed by atoms with E-state index >= 15 is 0 Å². The van der Waals surface area contributed by atoms with Crippen molar-refractivity contribution in [2.45, 2.75) is 64.6 Å². The highest BCUT2D eigenvalue weighted by Gasteiger charge is 2.38. The molecule has 1 saturated carbocycles. The molecule has 1 aliphatic rings. The molecule has 1 N–H and O–H groups in total.